The third-order valence-electron chi connectivity index (χ3n) is 5.39. The van der Waals surface area contributed by atoms with E-state index in [1.807, 2.05) is 38.1 Å². The van der Waals surface area contributed by atoms with Crippen LogP contribution in [-0.2, 0) is 4.79 Å². The van der Waals surface area contributed by atoms with E-state index in [1.54, 1.807) is 18.3 Å². The van der Waals surface area contributed by atoms with E-state index < -0.39 is 0 Å². The maximum atomic E-state index is 12.5. The van der Waals surface area contributed by atoms with E-state index in [0.29, 0.717) is 25.3 Å². The summed E-state index contributed by atoms with van der Waals surface area (Å²) in [5.41, 5.74) is 3.69. The molecule has 30 heavy (non-hydrogen) atoms. The van der Waals surface area contributed by atoms with E-state index in [1.165, 1.54) is 5.56 Å². The number of urea groups is 1. The molecule has 0 saturated carbocycles. The van der Waals surface area contributed by atoms with Crippen molar-refractivity contribution in [1.29, 1.82) is 0 Å². The Morgan fingerprint density at radius 3 is 2.63 bits per heavy atom. The number of rotatable bonds is 6. The van der Waals surface area contributed by atoms with Crippen LogP contribution in [0.2, 0.25) is 0 Å². The van der Waals surface area contributed by atoms with Gasteiger partial charge in [-0.25, -0.2) is 9.78 Å². The first-order valence-electron chi connectivity index (χ1n) is 10.2. The number of hydrogen-bond donors (Lipinski definition) is 3. The summed E-state index contributed by atoms with van der Waals surface area (Å²) in [7, 11) is 0. The second-order valence-electron chi connectivity index (χ2n) is 7.55. The van der Waals surface area contributed by atoms with Gasteiger partial charge in [0.2, 0.25) is 5.91 Å². The number of carbonyl (C=O) groups is 2. The van der Waals surface area contributed by atoms with Crippen LogP contribution >= 0.6 is 0 Å². The highest BCUT2D eigenvalue weighted by Gasteiger charge is 2.26. The third-order valence-corrected chi connectivity index (χ3v) is 5.39. The fraction of sp³-hybridized carbons (Fsp3) is 0.348. The Morgan fingerprint density at radius 2 is 1.93 bits per heavy atom. The number of nitrogens with zero attached hydrogens (tertiary/aromatic N) is 2. The van der Waals surface area contributed by atoms with Crippen LogP contribution in [0.5, 0.6) is 0 Å². The Labute approximate surface area is 177 Å². The maximum Gasteiger partial charge on any atom is 0.323 e. The summed E-state index contributed by atoms with van der Waals surface area (Å²) in [4.78, 5) is 31.3. The van der Waals surface area contributed by atoms with Crippen molar-refractivity contribution in [2.45, 2.75) is 26.7 Å². The Kier molecular flexibility index (Phi) is 7.06. The molecule has 1 saturated heterocycles. The van der Waals surface area contributed by atoms with Gasteiger partial charge in [0.1, 0.15) is 0 Å². The number of benzene rings is 1. The zero-order valence-electron chi connectivity index (χ0n) is 17.6. The number of nitrogens with one attached hydrogen (secondary N) is 3. The molecule has 1 aromatic heterocycles. The van der Waals surface area contributed by atoms with Gasteiger partial charge in [-0.2, -0.15) is 0 Å². The Balaban J connectivity index is 1.62. The minimum atomic E-state index is -0.314. The molecular formula is C23H29N5O2. The second-order valence-corrected chi connectivity index (χ2v) is 7.55. The monoisotopic (exact) mass is 407 g/mol. The van der Waals surface area contributed by atoms with E-state index in [4.69, 9.17) is 0 Å². The van der Waals surface area contributed by atoms with Gasteiger partial charge in [-0.3, -0.25) is 4.79 Å². The summed E-state index contributed by atoms with van der Waals surface area (Å²) in [6.07, 6.45) is 4.88. The van der Waals surface area contributed by atoms with Crippen molar-refractivity contribution in [3.8, 4) is 0 Å². The van der Waals surface area contributed by atoms with Gasteiger partial charge in [0, 0.05) is 37.4 Å². The molecule has 1 fully saturated rings. The molecule has 3 amide bonds. The SMILES string of the molecule is C=CCNC(=O)C1CCN(c2ncccc2NC(=O)Nc2ccc(C)c(C)c2)CC1. The average molecular weight is 408 g/mol. The fourth-order valence-corrected chi connectivity index (χ4v) is 3.52. The molecule has 0 bridgehead atoms. The Morgan fingerprint density at radius 1 is 1.17 bits per heavy atom. The van der Waals surface area contributed by atoms with Gasteiger partial charge in [-0.1, -0.05) is 12.1 Å². The van der Waals surface area contributed by atoms with Crippen LogP contribution < -0.4 is 20.9 Å². The number of pyridine rings is 1. The molecule has 1 aliphatic rings. The average Bonchev–Trinajstić information content (AvgIpc) is 2.75. The van der Waals surface area contributed by atoms with Crippen molar-refractivity contribution in [3.63, 3.8) is 0 Å². The molecule has 7 nitrogen and oxygen atoms in total. The molecule has 0 unspecified atom stereocenters. The summed E-state index contributed by atoms with van der Waals surface area (Å²) in [6.45, 7) is 9.57. The number of aromatic nitrogens is 1. The third kappa shape index (κ3) is 5.37. The van der Waals surface area contributed by atoms with E-state index >= 15 is 0 Å². The molecule has 7 heteroatoms. The van der Waals surface area contributed by atoms with Crippen molar-refractivity contribution in [2.24, 2.45) is 5.92 Å². The fourth-order valence-electron chi connectivity index (χ4n) is 3.52. The number of anilines is 3. The van der Waals surface area contributed by atoms with E-state index in [9.17, 15) is 9.59 Å². The number of piperidine rings is 1. The predicted molar refractivity (Wildman–Crippen MR) is 121 cm³/mol. The molecule has 0 spiro atoms. The highest BCUT2D eigenvalue weighted by atomic mass is 16.2. The molecule has 2 heterocycles. The smallest absolute Gasteiger partial charge is 0.323 e. The highest BCUT2D eigenvalue weighted by molar-refractivity contribution is 6.01. The molecule has 1 aromatic carbocycles. The van der Waals surface area contributed by atoms with E-state index in [0.717, 1.165) is 29.9 Å². The number of aryl methyl sites for hydroxylation is 2. The van der Waals surface area contributed by atoms with Crippen molar-refractivity contribution in [2.75, 3.05) is 35.2 Å². The quantitative estimate of drug-likeness (QED) is 0.635. The topological polar surface area (TPSA) is 86.4 Å². The summed E-state index contributed by atoms with van der Waals surface area (Å²) < 4.78 is 0. The van der Waals surface area contributed by atoms with Crippen molar-refractivity contribution in [1.82, 2.24) is 10.3 Å². The van der Waals surface area contributed by atoms with Crippen molar-refractivity contribution in [3.05, 3.63) is 60.3 Å². The van der Waals surface area contributed by atoms with Gasteiger partial charge >= 0.3 is 6.03 Å². The molecule has 0 aliphatic carbocycles. The zero-order chi connectivity index (χ0) is 21.5. The van der Waals surface area contributed by atoms with Crippen molar-refractivity contribution < 1.29 is 9.59 Å². The van der Waals surface area contributed by atoms with Crippen LogP contribution in [0.3, 0.4) is 0 Å². The van der Waals surface area contributed by atoms with Crippen LogP contribution in [0.15, 0.2) is 49.2 Å². The van der Waals surface area contributed by atoms with Gasteiger partial charge in [-0.15, -0.1) is 6.58 Å². The normalized spacial score (nSPS) is 14.1. The first-order valence-corrected chi connectivity index (χ1v) is 10.2. The largest absolute Gasteiger partial charge is 0.355 e. The molecule has 3 rings (SSSR count). The Hall–Kier alpha value is -3.35. The molecule has 0 radical (unpaired) electrons. The molecule has 0 atom stereocenters. The lowest BCUT2D eigenvalue weighted by molar-refractivity contribution is -0.125. The molecular weight excluding hydrogens is 378 g/mol. The van der Waals surface area contributed by atoms with E-state index in [2.05, 4.69) is 32.4 Å². The van der Waals surface area contributed by atoms with Crippen LogP contribution in [0, 0.1) is 19.8 Å². The van der Waals surface area contributed by atoms with Crippen LogP contribution in [-0.4, -0.2) is 36.6 Å². The van der Waals surface area contributed by atoms with Crippen LogP contribution in [0.1, 0.15) is 24.0 Å². The Bertz CT molecular complexity index is 920. The summed E-state index contributed by atoms with van der Waals surface area (Å²) >= 11 is 0. The lowest BCUT2D eigenvalue weighted by Gasteiger charge is -2.33. The molecule has 3 N–H and O–H groups in total. The van der Waals surface area contributed by atoms with Gasteiger partial charge < -0.3 is 20.9 Å². The van der Waals surface area contributed by atoms with Crippen LogP contribution in [0.25, 0.3) is 0 Å². The summed E-state index contributed by atoms with van der Waals surface area (Å²) in [6, 6.07) is 9.13. The standard InChI is InChI=1S/C23H29N5O2/c1-4-11-25-22(29)18-9-13-28(14-10-18)21-20(6-5-12-24-21)27-23(30)26-19-8-7-16(2)17(3)15-19/h4-8,12,15,18H,1,9-11,13-14H2,2-3H3,(H,25,29)(H2,26,27,30). The zero-order valence-corrected chi connectivity index (χ0v) is 17.6. The minimum absolute atomic E-state index is 0.00519. The number of hydrogen-bond acceptors (Lipinski definition) is 4. The molecule has 2 aromatic rings. The lowest BCUT2D eigenvalue weighted by Crippen LogP contribution is -2.41. The summed E-state index contributed by atoms with van der Waals surface area (Å²) in [5, 5.41) is 8.65. The first-order chi connectivity index (χ1) is 14.5. The van der Waals surface area contributed by atoms with Crippen LogP contribution in [0.4, 0.5) is 22.0 Å². The van der Waals surface area contributed by atoms with Crippen molar-refractivity contribution >= 4 is 29.1 Å². The number of amides is 3. The van der Waals surface area contributed by atoms with E-state index in [-0.39, 0.29) is 17.9 Å². The van der Waals surface area contributed by atoms with Gasteiger partial charge in [0.15, 0.2) is 5.82 Å². The highest BCUT2D eigenvalue weighted by Crippen LogP contribution is 2.28. The van der Waals surface area contributed by atoms with Gasteiger partial charge in [0.05, 0.1) is 5.69 Å². The first kappa shape index (κ1) is 21.4. The maximum absolute atomic E-state index is 12.5. The van der Waals surface area contributed by atoms with Gasteiger partial charge in [0.25, 0.3) is 0 Å². The second kappa shape index (κ2) is 9.91. The predicted octanol–water partition coefficient (Wildman–Crippen LogP) is 3.86. The summed E-state index contributed by atoms with van der Waals surface area (Å²) in [5.74, 6) is 0.786. The number of carbonyl (C=O) groups excluding carboxylic acids is 2. The molecule has 158 valence electrons. The van der Waals surface area contributed by atoms with Gasteiger partial charge in [-0.05, 0) is 62.1 Å². The lowest BCUT2D eigenvalue weighted by atomic mass is 9.96. The minimum Gasteiger partial charge on any atom is -0.355 e. The molecule has 1 aliphatic heterocycles.